The third kappa shape index (κ3) is 6.73. The van der Waals surface area contributed by atoms with E-state index in [1.54, 1.807) is 6.08 Å². The number of anilines is 1. The van der Waals surface area contributed by atoms with Crippen LogP contribution in [0.5, 0.6) is 17.2 Å². The standard InChI is InChI=1S/C31H32F4N2O9S/c1-44-22-10-7-18(12-25(22)47(42,43)31(33,34)35)36-29(39)26-16-3-4-17(11-16)27(26)37-28(38)20-13-24(21(32)14-23(20)45-2)46-19-8-5-15(6-9-19)30(40)41/h3-4,7,10,12-17,19,26-27H,5-6,8-9,11H2,1-2H3,(H,36,39)(H,37,38)(H,40,41). The van der Waals surface area contributed by atoms with Crippen molar-refractivity contribution in [1.29, 1.82) is 0 Å². The van der Waals surface area contributed by atoms with Crippen molar-refractivity contribution in [2.45, 2.75) is 54.7 Å². The Labute approximate surface area is 267 Å². The molecule has 47 heavy (non-hydrogen) atoms. The van der Waals surface area contributed by atoms with Crippen LogP contribution in [0.2, 0.25) is 0 Å². The predicted molar refractivity (Wildman–Crippen MR) is 157 cm³/mol. The van der Waals surface area contributed by atoms with E-state index < -0.39 is 73.6 Å². The second-order valence-corrected chi connectivity index (χ2v) is 13.6. The number of alkyl halides is 3. The number of fused-ring (bicyclic) bond motifs is 2. The molecule has 0 spiro atoms. The summed E-state index contributed by atoms with van der Waals surface area (Å²) in [7, 11) is -3.55. The van der Waals surface area contributed by atoms with E-state index in [2.05, 4.69) is 10.6 Å². The molecular weight excluding hydrogens is 652 g/mol. The highest BCUT2D eigenvalue weighted by molar-refractivity contribution is 7.92. The van der Waals surface area contributed by atoms with Gasteiger partial charge in [0, 0.05) is 17.8 Å². The number of hydrogen-bond acceptors (Lipinski definition) is 8. The summed E-state index contributed by atoms with van der Waals surface area (Å²) in [6, 6.07) is 4.25. The van der Waals surface area contributed by atoms with Crippen molar-refractivity contribution in [3.05, 3.63) is 53.9 Å². The van der Waals surface area contributed by atoms with E-state index >= 15 is 0 Å². The summed E-state index contributed by atoms with van der Waals surface area (Å²) in [6.45, 7) is 0. The Morgan fingerprint density at radius 1 is 0.915 bits per heavy atom. The molecule has 0 radical (unpaired) electrons. The SMILES string of the molecule is COc1cc(F)c(OC2CCC(C(=O)O)CC2)cc1C(=O)NC1C2C=CC(C2)C1C(=O)Nc1ccc(OC)c(S(=O)(=O)C(F)(F)F)c1. The minimum absolute atomic E-state index is 0.0776. The normalized spacial score (nSPS) is 25.2. The van der Waals surface area contributed by atoms with Crippen molar-refractivity contribution in [1.82, 2.24) is 5.32 Å². The summed E-state index contributed by atoms with van der Waals surface area (Å²) in [5.41, 5.74) is -5.92. The van der Waals surface area contributed by atoms with Crippen molar-refractivity contribution in [2.24, 2.45) is 23.7 Å². The topological polar surface area (TPSA) is 157 Å². The van der Waals surface area contributed by atoms with Crippen LogP contribution in [-0.4, -0.2) is 63.2 Å². The molecule has 2 saturated carbocycles. The lowest BCUT2D eigenvalue weighted by Crippen LogP contribution is -2.47. The quantitative estimate of drug-likeness (QED) is 0.238. The molecule has 0 heterocycles. The van der Waals surface area contributed by atoms with Crippen LogP contribution < -0.4 is 24.8 Å². The van der Waals surface area contributed by atoms with Gasteiger partial charge in [-0.1, -0.05) is 12.2 Å². The summed E-state index contributed by atoms with van der Waals surface area (Å²) in [4.78, 5) is 37.2. The molecule has 2 fully saturated rings. The van der Waals surface area contributed by atoms with Crippen molar-refractivity contribution < 1.29 is 59.7 Å². The van der Waals surface area contributed by atoms with Gasteiger partial charge in [-0.05, 0) is 68.2 Å². The van der Waals surface area contributed by atoms with E-state index in [0.29, 0.717) is 38.2 Å². The van der Waals surface area contributed by atoms with Gasteiger partial charge in [-0.2, -0.15) is 13.2 Å². The lowest BCUT2D eigenvalue weighted by Gasteiger charge is -2.29. The van der Waals surface area contributed by atoms with E-state index in [1.807, 2.05) is 6.08 Å². The summed E-state index contributed by atoms with van der Waals surface area (Å²) in [6.07, 6.45) is 5.17. The first kappa shape index (κ1) is 34.0. The number of carbonyl (C=O) groups excluding carboxylic acids is 2. The summed E-state index contributed by atoms with van der Waals surface area (Å²) >= 11 is 0. The lowest BCUT2D eigenvalue weighted by atomic mass is 9.87. The molecule has 2 bridgehead atoms. The molecule has 0 aromatic heterocycles. The van der Waals surface area contributed by atoms with Gasteiger partial charge in [0.05, 0.1) is 37.7 Å². The van der Waals surface area contributed by atoms with E-state index in [4.69, 9.17) is 14.2 Å². The molecule has 3 N–H and O–H groups in total. The maximum absolute atomic E-state index is 15.0. The Balaban J connectivity index is 1.35. The third-order valence-electron chi connectivity index (χ3n) is 8.90. The van der Waals surface area contributed by atoms with Crippen LogP contribution in [-0.2, 0) is 19.4 Å². The number of carboxylic acids is 1. The molecule has 254 valence electrons. The third-order valence-corrected chi connectivity index (χ3v) is 10.4. The van der Waals surface area contributed by atoms with Crippen LogP contribution in [0, 0.1) is 29.5 Å². The maximum Gasteiger partial charge on any atom is 0.502 e. The Morgan fingerprint density at radius 2 is 1.57 bits per heavy atom. The van der Waals surface area contributed by atoms with Crippen LogP contribution in [0.1, 0.15) is 42.5 Å². The molecule has 16 heteroatoms. The molecule has 2 amide bonds. The predicted octanol–water partition coefficient (Wildman–Crippen LogP) is 4.72. The van der Waals surface area contributed by atoms with Crippen molar-refractivity contribution in [3.63, 3.8) is 0 Å². The molecule has 0 saturated heterocycles. The highest BCUT2D eigenvalue weighted by Gasteiger charge is 2.50. The minimum Gasteiger partial charge on any atom is -0.496 e. The van der Waals surface area contributed by atoms with Crippen molar-refractivity contribution >= 4 is 33.3 Å². The number of rotatable bonds is 10. The van der Waals surface area contributed by atoms with Gasteiger partial charge in [-0.25, -0.2) is 12.8 Å². The van der Waals surface area contributed by atoms with E-state index in [1.165, 1.54) is 19.2 Å². The number of benzene rings is 2. The van der Waals surface area contributed by atoms with Crippen LogP contribution in [0.4, 0.5) is 23.2 Å². The molecule has 4 unspecified atom stereocenters. The monoisotopic (exact) mass is 684 g/mol. The first-order valence-electron chi connectivity index (χ1n) is 14.7. The number of ether oxygens (including phenoxy) is 3. The second-order valence-electron chi connectivity index (χ2n) is 11.7. The second kappa shape index (κ2) is 13.0. The average Bonchev–Trinajstić information content (AvgIpc) is 3.63. The number of methoxy groups -OCH3 is 2. The summed E-state index contributed by atoms with van der Waals surface area (Å²) < 4.78 is 95.1. The van der Waals surface area contributed by atoms with Crippen molar-refractivity contribution in [3.8, 4) is 17.2 Å². The fourth-order valence-electron chi connectivity index (χ4n) is 6.50. The fourth-order valence-corrected chi connectivity index (χ4v) is 7.45. The van der Waals surface area contributed by atoms with Gasteiger partial charge in [-0.3, -0.25) is 14.4 Å². The summed E-state index contributed by atoms with van der Waals surface area (Å²) in [5.74, 6) is -5.93. The number of halogens is 4. The van der Waals surface area contributed by atoms with E-state index in [0.717, 1.165) is 19.2 Å². The average molecular weight is 685 g/mol. The Bertz CT molecular complexity index is 1700. The van der Waals surface area contributed by atoms with Crippen molar-refractivity contribution in [2.75, 3.05) is 19.5 Å². The van der Waals surface area contributed by atoms with E-state index in [-0.39, 0.29) is 34.6 Å². The highest BCUT2D eigenvalue weighted by atomic mass is 32.2. The molecule has 2 aromatic rings. The molecule has 2 aromatic carbocycles. The summed E-state index contributed by atoms with van der Waals surface area (Å²) in [5, 5.41) is 14.5. The largest absolute Gasteiger partial charge is 0.502 e. The number of carbonyl (C=O) groups is 3. The fraction of sp³-hybridized carbons (Fsp3) is 0.452. The number of carboxylic acid groups (broad SMARTS) is 1. The van der Waals surface area contributed by atoms with Crippen LogP contribution >= 0.6 is 0 Å². The number of hydrogen-bond donors (Lipinski definition) is 3. The zero-order valence-corrected chi connectivity index (χ0v) is 26.0. The van der Waals surface area contributed by atoms with E-state index in [9.17, 15) is 45.5 Å². The zero-order valence-electron chi connectivity index (χ0n) is 25.2. The van der Waals surface area contributed by atoms with Crippen LogP contribution in [0.3, 0.4) is 0 Å². The lowest BCUT2D eigenvalue weighted by molar-refractivity contribution is -0.143. The Hall–Kier alpha value is -4.34. The molecule has 4 atom stereocenters. The van der Waals surface area contributed by atoms with Gasteiger partial charge in [0.15, 0.2) is 11.6 Å². The molecule has 3 aliphatic rings. The van der Waals surface area contributed by atoms with Gasteiger partial charge in [0.2, 0.25) is 5.91 Å². The van der Waals surface area contributed by atoms with Crippen LogP contribution in [0.15, 0.2) is 47.4 Å². The number of allylic oxidation sites excluding steroid dienone is 1. The van der Waals surface area contributed by atoms with Gasteiger partial charge < -0.3 is 30.0 Å². The Morgan fingerprint density at radius 3 is 2.19 bits per heavy atom. The molecule has 11 nitrogen and oxygen atoms in total. The number of amides is 2. The molecule has 0 aliphatic heterocycles. The highest BCUT2D eigenvalue weighted by Crippen LogP contribution is 2.45. The van der Waals surface area contributed by atoms with Gasteiger partial charge >= 0.3 is 11.5 Å². The number of nitrogens with one attached hydrogen (secondary N) is 2. The number of sulfone groups is 1. The van der Waals surface area contributed by atoms with Gasteiger partial charge in [-0.15, -0.1) is 0 Å². The first-order valence-corrected chi connectivity index (χ1v) is 16.2. The van der Waals surface area contributed by atoms with Gasteiger partial charge in [0.1, 0.15) is 16.4 Å². The van der Waals surface area contributed by atoms with Gasteiger partial charge in [0.25, 0.3) is 15.7 Å². The molecule has 5 rings (SSSR count). The smallest absolute Gasteiger partial charge is 0.496 e. The molecular formula is C31H32F4N2O9S. The maximum atomic E-state index is 15.0. The Kier molecular flexibility index (Phi) is 9.44. The first-order chi connectivity index (χ1) is 22.1. The number of aliphatic carboxylic acids is 1. The van der Waals surface area contributed by atoms with Crippen LogP contribution in [0.25, 0.3) is 0 Å². The molecule has 3 aliphatic carbocycles. The minimum atomic E-state index is -5.81. The zero-order chi connectivity index (χ0) is 34.3.